The number of hydrogen-bond acceptors (Lipinski definition) is 4. The van der Waals surface area contributed by atoms with Crippen molar-refractivity contribution in [3.8, 4) is 11.1 Å². The highest BCUT2D eigenvalue weighted by Gasteiger charge is 2.38. The van der Waals surface area contributed by atoms with Gasteiger partial charge in [-0.1, -0.05) is 6.07 Å². The molecule has 1 atom stereocenters. The fraction of sp³-hybridized carbons (Fsp3) is 0.227. The van der Waals surface area contributed by atoms with E-state index in [9.17, 15) is 36.6 Å². The Morgan fingerprint density at radius 1 is 1.21 bits per heavy atom. The lowest BCUT2D eigenvalue weighted by atomic mass is 9.93. The van der Waals surface area contributed by atoms with Gasteiger partial charge in [-0.3, -0.25) is 9.36 Å². The van der Waals surface area contributed by atoms with Crippen LogP contribution >= 0.6 is 11.8 Å². The summed E-state index contributed by atoms with van der Waals surface area (Å²) in [6.45, 7) is 1.42. The van der Waals surface area contributed by atoms with Crippen LogP contribution in [-0.2, 0) is 17.4 Å². The highest BCUT2D eigenvalue weighted by molar-refractivity contribution is 7.99. The summed E-state index contributed by atoms with van der Waals surface area (Å²) in [6.07, 6.45) is -4.25. The van der Waals surface area contributed by atoms with Crippen molar-refractivity contribution in [1.82, 2.24) is 9.55 Å². The van der Waals surface area contributed by atoms with Crippen LogP contribution in [-0.4, -0.2) is 26.4 Å². The zero-order valence-electron chi connectivity index (χ0n) is 16.9. The molecule has 33 heavy (non-hydrogen) atoms. The molecule has 0 radical (unpaired) electrons. The summed E-state index contributed by atoms with van der Waals surface area (Å²) in [6, 6.07) is 3.92. The van der Waals surface area contributed by atoms with Crippen molar-refractivity contribution in [2.75, 3.05) is 5.75 Å². The van der Waals surface area contributed by atoms with Crippen molar-refractivity contribution in [3.05, 3.63) is 80.9 Å². The van der Waals surface area contributed by atoms with Gasteiger partial charge in [0.1, 0.15) is 11.9 Å². The van der Waals surface area contributed by atoms with E-state index in [0.717, 1.165) is 40.7 Å². The Labute approximate surface area is 187 Å². The number of halogens is 5. The fourth-order valence-electron chi connectivity index (χ4n) is 3.96. The monoisotopic (exact) mass is 482 g/mol. The normalized spacial score (nSPS) is 15.5. The van der Waals surface area contributed by atoms with Crippen LogP contribution in [0, 0.1) is 18.7 Å². The number of alkyl halides is 3. The standard InChI is InChI=1S/C22H15F5N2O3S/c1-10-12(8-13-14(22(25,26)27)5-2-6-15(13)23)20-29(16(9-33-20)21(31)32)19(30)17(10)11-4-3-7-28-18(11)24/h2-7,16H,8-9H2,1H3,(H,31,32). The molecule has 1 aromatic carbocycles. The number of nitrogens with zero attached hydrogens (tertiary/aromatic N) is 2. The Bertz CT molecular complexity index is 1340. The Balaban J connectivity index is 2.04. The third-order valence-electron chi connectivity index (χ3n) is 5.52. The van der Waals surface area contributed by atoms with Crippen LogP contribution in [0.2, 0.25) is 0 Å². The average molecular weight is 482 g/mol. The van der Waals surface area contributed by atoms with E-state index in [1.165, 1.54) is 19.1 Å². The lowest BCUT2D eigenvalue weighted by Gasteiger charge is -2.20. The zero-order valence-corrected chi connectivity index (χ0v) is 17.7. The number of fused-ring (bicyclic) bond motifs is 1. The van der Waals surface area contributed by atoms with Crippen LogP contribution in [0.5, 0.6) is 0 Å². The molecule has 172 valence electrons. The van der Waals surface area contributed by atoms with Gasteiger partial charge in [0.25, 0.3) is 5.56 Å². The van der Waals surface area contributed by atoms with E-state index < -0.39 is 53.1 Å². The van der Waals surface area contributed by atoms with Gasteiger partial charge in [0.2, 0.25) is 5.95 Å². The molecule has 3 heterocycles. The number of aromatic nitrogens is 2. The van der Waals surface area contributed by atoms with E-state index in [2.05, 4.69) is 4.98 Å². The van der Waals surface area contributed by atoms with Gasteiger partial charge in [0.15, 0.2) is 0 Å². The first-order chi connectivity index (χ1) is 15.5. The van der Waals surface area contributed by atoms with Gasteiger partial charge in [-0.2, -0.15) is 17.6 Å². The molecule has 4 rings (SSSR count). The summed E-state index contributed by atoms with van der Waals surface area (Å²) < 4.78 is 70.7. The van der Waals surface area contributed by atoms with E-state index in [0.29, 0.717) is 0 Å². The molecule has 1 aliphatic heterocycles. The van der Waals surface area contributed by atoms with Crippen LogP contribution in [0.1, 0.15) is 28.3 Å². The molecule has 0 fully saturated rings. The number of pyridine rings is 2. The van der Waals surface area contributed by atoms with E-state index in [1.807, 2.05) is 0 Å². The molecule has 1 aliphatic rings. The summed E-state index contributed by atoms with van der Waals surface area (Å²) in [7, 11) is 0. The SMILES string of the molecule is Cc1c(Cc2c(F)cccc2C(F)(F)F)c2n(c(=O)c1-c1cccnc1F)C(C(=O)O)CS2. The van der Waals surface area contributed by atoms with Crippen molar-refractivity contribution < 1.29 is 31.9 Å². The van der Waals surface area contributed by atoms with Gasteiger partial charge < -0.3 is 5.11 Å². The summed E-state index contributed by atoms with van der Waals surface area (Å²) in [5.41, 5.74) is -2.82. The van der Waals surface area contributed by atoms with Gasteiger partial charge >= 0.3 is 12.1 Å². The van der Waals surface area contributed by atoms with Crippen molar-refractivity contribution in [3.63, 3.8) is 0 Å². The van der Waals surface area contributed by atoms with E-state index in [-0.39, 0.29) is 33.0 Å². The van der Waals surface area contributed by atoms with Crippen molar-refractivity contribution in [2.24, 2.45) is 0 Å². The summed E-state index contributed by atoms with van der Waals surface area (Å²) in [5.74, 6) is -3.47. The smallest absolute Gasteiger partial charge is 0.416 e. The quantitative estimate of drug-likeness (QED) is 0.426. The highest BCUT2D eigenvalue weighted by Crippen LogP contribution is 2.41. The molecule has 1 N–H and O–H groups in total. The maximum absolute atomic E-state index is 14.6. The number of aliphatic carboxylic acids is 1. The number of rotatable bonds is 4. The van der Waals surface area contributed by atoms with Gasteiger partial charge in [0.05, 0.1) is 16.2 Å². The topological polar surface area (TPSA) is 72.2 Å². The van der Waals surface area contributed by atoms with Crippen LogP contribution < -0.4 is 5.56 Å². The lowest BCUT2D eigenvalue weighted by molar-refractivity contribution is -0.140. The molecule has 0 spiro atoms. The molecule has 0 aliphatic carbocycles. The summed E-state index contributed by atoms with van der Waals surface area (Å²) in [5, 5.41) is 9.70. The Hall–Kier alpha value is -3.21. The van der Waals surface area contributed by atoms with Crippen molar-refractivity contribution >= 4 is 17.7 Å². The Morgan fingerprint density at radius 3 is 2.58 bits per heavy atom. The highest BCUT2D eigenvalue weighted by atomic mass is 32.2. The first kappa shape index (κ1) is 23.0. The van der Waals surface area contributed by atoms with Gasteiger partial charge in [-0.05, 0) is 42.3 Å². The van der Waals surface area contributed by atoms with Crippen LogP contribution in [0.3, 0.4) is 0 Å². The molecular weight excluding hydrogens is 467 g/mol. The predicted molar refractivity (Wildman–Crippen MR) is 110 cm³/mol. The van der Waals surface area contributed by atoms with Crippen LogP contribution in [0.25, 0.3) is 11.1 Å². The molecule has 2 aromatic heterocycles. The molecule has 5 nitrogen and oxygen atoms in total. The second-order valence-corrected chi connectivity index (χ2v) is 8.41. The van der Waals surface area contributed by atoms with E-state index in [4.69, 9.17) is 0 Å². The molecule has 1 unspecified atom stereocenters. The predicted octanol–water partition coefficient (Wildman–Crippen LogP) is 4.84. The van der Waals surface area contributed by atoms with Gasteiger partial charge in [-0.15, -0.1) is 11.8 Å². The minimum Gasteiger partial charge on any atom is -0.480 e. The Morgan fingerprint density at radius 2 is 1.94 bits per heavy atom. The fourth-order valence-corrected chi connectivity index (χ4v) is 5.32. The van der Waals surface area contributed by atoms with Gasteiger partial charge in [-0.25, -0.2) is 14.2 Å². The molecule has 11 heteroatoms. The minimum absolute atomic E-state index is 0.0562. The first-order valence-electron chi connectivity index (χ1n) is 9.61. The molecule has 0 bridgehead atoms. The molecular formula is C22H15F5N2O3S. The number of carbonyl (C=O) groups is 1. The maximum Gasteiger partial charge on any atom is 0.416 e. The number of benzene rings is 1. The largest absolute Gasteiger partial charge is 0.480 e. The van der Waals surface area contributed by atoms with E-state index >= 15 is 0 Å². The van der Waals surface area contributed by atoms with Crippen LogP contribution in [0.15, 0.2) is 46.3 Å². The number of hydrogen-bond donors (Lipinski definition) is 1. The lowest BCUT2D eigenvalue weighted by Crippen LogP contribution is -2.31. The van der Waals surface area contributed by atoms with Crippen LogP contribution in [0.4, 0.5) is 22.0 Å². The molecule has 0 saturated carbocycles. The third-order valence-corrected chi connectivity index (χ3v) is 6.72. The molecule has 0 amide bonds. The Kier molecular flexibility index (Phi) is 5.77. The van der Waals surface area contributed by atoms with Crippen molar-refractivity contribution in [2.45, 2.75) is 30.6 Å². The zero-order chi connectivity index (χ0) is 24.1. The first-order valence-corrected chi connectivity index (χ1v) is 10.6. The second kappa shape index (κ2) is 8.29. The van der Waals surface area contributed by atoms with E-state index in [1.54, 1.807) is 0 Å². The summed E-state index contributed by atoms with van der Waals surface area (Å²) in [4.78, 5) is 28.6. The summed E-state index contributed by atoms with van der Waals surface area (Å²) >= 11 is 0.975. The van der Waals surface area contributed by atoms with Crippen molar-refractivity contribution in [1.29, 1.82) is 0 Å². The number of thioether (sulfide) groups is 1. The molecule has 0 saturated heterocycles. The molecule has 3 aromatic rings. The average Bonchev–Trinajstić information content (AvgIpc) is 3.18. The van der Waals surface area contributed by atoms with Gasteiger partial charge in [0, 0.05) is 29.5 Å². The third kappa shape index (κ3) is 3.90. The second-order valence-electron chi connectivity index (χ2n) is 7.41. The number of carboxylic acids is 1. The number of carboxylic acid groups (broad SMARTS) is 1. The maximum atomic E-state index is 14.6. The minimum atomic E-state index is -4.84.